The van der Waals surface area contributed by atoms with Crippen molar-refractivity contribution in [3.05, 3.63) is 122 Å². The lowest BCUT2D eigenvalue weighted by molar-refractivity contribution is 1.28. The van der Waals surface area contributed by atoms with Crippen LogP contribution in [-0.4, -0.2) is 8.75 Å². The molecule has 134 valence electrons. The highest BCUT2D eigenvalue weighted by molar-refractivity contribution is 7.00. The number of benzene rings is 2. The van der Waals surface area contributed by atoms with Gasteiger partial charge in [-0.2, -0.15) is 8.75 Å². The van der Waals surface area contributed by atoms with Gasteiger partial charge in [0, 0.05) is 11.5 Å². The molecule has 1 aromatic heterocycles. The predicted octanol–water partition coefficient (Wildman–Crippen LogP) is 4.60. The summed E-state index contributed by atoms with van der Waals surface area (Å²) in [6.45, 7) is 0. The number of nitrogens with zero attached hydrogens (tertiary/aromatic N) is 2. The van der Waals surface area contributed by atoms with Crippen molar-refractivity contribution in [3.63, 3.8) is 0 Å². The molecule has 2 aliphatic rings. The average molecular weight is 386 g/mol. The van der Waals surface area contributed by atoms with Crippen molar-refractivity contribution in [3.8, 4) is 23.7 Å². The summed E-state index contributed by atoms with van der Waals surface area (Å²) in [5.41, 5.74) is 5.50. The molecule has 0 bridgehead atoms. The molecule has 2 nitrogen and oxygen atoms in total. The van der Waals surface area contributed by atoms with E-state index in [9.17, 15) is 0 Å². The van der Waals surface area contributed by atoms with Gasteiger partial charge >= 0.3 is 0 Å². The second-order valence-electron chi connectivity index (χ2n) is 6.55. The number of fused-ring (bicyclic) bond motifs is 1. The average Bonchev–Trinajstić information content (AvgIpc) is 3.53. The molecule has 10 radical (unpaired) electrons. The van der Waals surface area contributed by atoms with Crippen molar-refractivity contribution >= 4 is 22.8 Å². The first-order valence-corrected chi connectivity index (χ1v) is 9.93. The molecule has 0 saturated heterocycles. The molecule has 0 amide bonds. The van der Waals surface area contributed by atoms with Crippen LogP contribution in [0, 0.1) is 86.9 Å². The van der Waals surface area contributed by atoms with Gasteiger partial charge in [0.1, 0.15) is 11.0 Å². The van der Waals surface area contributed by atoms with Crippen molar-refractivity contribution in [1.82, 2.24) is 8.75 Å². The Morgan fingerprint density at radius 2 is 1.31 bits per heavy atom. The van der Waals surface area contributed by atoms with Gasteiger partial charge in [0.05, 0.1) is 28.8 Å². The lowest BCUT2D eigenvalue weighted by Crippen LogP contribution is -1.94. The van der Waals surface area contributed by atoms with Crippen LogP contribution in [0.25, 0.3) is 11.0 Å². The first-order chi connectivity index (χ1) is 14.4. The molecule has 0 atom stereocenters. The van der Waals surface area contributed by atoms with E-state index in [0.717, 1.165) is 33.6 Å². The highest BCUT2D eigenvalue weighted by Gasteiger charge is 2.18. The molecule has 3 aromatic rings. The van der Waals surface area contributed by atoms with E-state index in [1.54, 1.807) is 0 Å². The molecule has 2 saturated carbocycles. The fraction of sp³-hybridized carbons (Fsp3) is 0. The zero-order chi connectivity index (χ0) is 19.5. The summed E-state index contributed by atoms with van der Waals surface area (Å²) in [4.78, 5) is 0. The van der Waals surface area contributed by atoms with E-state index in [2.05, 4.69) is 57.4 Å². The largest absolute Gasteiger partial charge is 0.172 e. The van der Waals surface area contributed by atoms with E-state index in [1.165, 1.54) is 23.2 Å². The predicted molar refractivity (Wildman–Crippen MR) is 117 cm³/mol. The van der Waals surface area contributed by atoms with Gasteiger partial charge in [0.15, 0.2) is 0 Å². The Bertz CT molecular complexity index is 1140. The molecule has 5 rings (SSSR count). The van der Waals surface area contributed by atoms with E-state index in [4.69, 9.17) is 0 Å². The molecule has 3 heteroatoms. The van der Waals surface area contributed by atoms with E-state index in [-0.39, 0.29) is 0 Å². The van der Waals surface area contributed by atoms with Crippen LogP contribution >= 0.6 is 11.7 Å². The molecule has 2 aliphatic carbocycles. The lowest BCUT2D eigenvalue weighted by atomic mass is 9.96. The highest BCUT2D eigenvalue weighted by atomic mass is 32.1. The Morgan fingerprint density at radius 1 is 0.655 bits per heavy atom. The van der Waals surface area contributed by atoms with Crippen LogP contribution in [0.5, 0.6) is 0 Å². The van der Waals surface area contributed by atoms with Crippen molar-refractivity contribution in [1.29, 1.82) is 0 Å². The Kier molecular flexibility index (Phi) is 5.33. The van der Waals surface area contributed by atoms with Crippen LogP contribution in [0.15, 0.2) is 36.4 Å². The second-order valence-corrected chi connectivity index (χ2v) is 7.08. The summed E-state index contributed by atoms with van der Waals surface area (Å²) < 4.78 is 8.90. The molecule has 2 aromatic carbocycles. The summed E-state index contributed by atoms with van der Waals surface area (Å²) in [6.07, 6.45) is 16.2. The first kappa shape index (κ1) is 18.4. The smallest absolute Gasteiger partial charge is 0.121 e. The van der Waals surface area contributed by atoms with Crippen LogP contribution in [0.4, 0.5) is 0 Å². The van der Waals surface area contributed by atoms with Crippen molar-refractivity contribution in [2.45, 2.75) is 0 Å². The molecular formula is C26H14N2S. The molecule has 0 spiro atoms. The van der Waals surface area contributed by atoms with Gasteiger partial charge in [-0.1, -0.05) is 35.8 Å². The molecule has 0 unspecified atom stereocenters. The normalized spacial score (nSPS) is 17.1. The number of hydrogen-bond acceptors (Lipinski definition) is 3. The molecule has 2 fully saturated rings. The summed E-state index contributed by atoms with van der Waals surface area (Å²) >= 11 is 1.19. The number of rotatable bonds is 1. The maximum Gasteiger partial charge on any atom is 0.121 e. The first-order valence-electron chi connectivity index (χ1n) is 9.20. The van der Waals surface area contributed by atoms with Crippen LogP contribution < -0.4 is 0 Å². The molecule has 29 heavy (non-hydrogen) atoms. The Morgan fingerprint density at radius 3 is 2.03 bits per heavy atom. The minimum atomic E-state index is 0.809. The van der Waals surface area contributed by atoms with Crippen LogP contribution in [-0.2, 0) is 0 Å². The summed E-state index contributed by atoms with van der Waals surface area (Å²) in [5, 5.41) is 0. The maximum atomic E-state index is 4.46. The fourth-order valence-corrected chi connectivity index (χ4v) is 3.72. The summed E-state index contributed by atoms with van der Waals surface area (Å²) in [5.74, 6) is 15.1. The molecular weight excluding hydrogens is 372 g/mol. The van der Waals surface area contributed by atoms with E-state index < -0.39 is 0 Å². The van der Waals surface area contributed by atoms with Crippen molar-refractivity contribution in [2.24, 2.45) is 0 Å². The summed E-state index contributed by atoms with van der Waals surface area (Å²) in [7, 11) is 0. The van der Waals surface area contributed by atoms with Crippen molar-refractivity contribution in [2.75, 3.05) is 0 Å². The van der Waals surface area contributed by atoms with E-state index in [0.29, 0.717) is 0 Å². The molecule has 0 aliphatic heterocycles. The molecule has 1 heterocycles. The van der Waals surface area contributed by atoms with Crippen molar-refractivity contribution < 1.29 is 0 Å². The van der Waals surface area contributed by atoms with Gasteiger partial charge in [-0.15, -0.1) is 0 Å². The standard InChI is InChI=1S/C26H14N2S/c1-2-7-19(6-1)12-14-22-16-17-23(26-25(22)27-29-28-26)15-13-20-8-5-11-24(18-20)21-9-3-4-10-21/h1-11,16-18H. The van der Waals surface area contributed by atoms with E-state index >= 15 is 0 Å². The van der Waals surface area contributed by atoms with E-state index in [1.807, 2.05) is 62.8 Å². The monoisotopic (exact) mass is 386 g/mol. The highest BCUT2D eigenvalue weighted by Crippen LogP contribution is 2.30. The van der Waals surface area contributed by atoms with Crippen LogP contribution in [0.1, 0.15) is 22.3 Å². The van der Waals surface area contributed by atoms with Gasteiger partial charge in [-0.05, 0) is 81.2 Å². The lowest BCUT2D eigenvalue weighted by Gasteiger charge is -2.07. The molecule has 0 N–H and O–H groups in total. The fourth-order valence-electron chi connectivity index (χ4n) is 3.15. The second kappa shape index (κ2) is 8.40. The maximum absolute atomic E-state index is 4.46. The number of hydrogen-bond donors (Lipinski definition) is 0. The Balaban J connectivity index is 1.43. The third kappa shape index (κ3) is 4.07. The minimum absolute atomic E-state index is 0.809. The van der Waals surface area contributed by atoms with Gasteiger partial charge in [-0.25, -0.2) is 0 Å². The summed E-state index contributed by atoms with van der Waals surface area (Å²) in [6, 6.07) is 12.2. The third-order valence-corrected chi connectivity index (χ3v) is 5.15. The van der Waals surface area contributed by atoms with Gasteiger partial charge in [-0.3, -0.25) is 0 Å². The zero-order valence-corrected chi connectivity index (χ0v) is 16.2. The zero-order valence-electron chi connectivity index (χ0n) is 15.4. The Hall–Kier alpha value is -2.62. The van der Waals surface area contributed by atoms with Gasteiger partial charge < -0.3 is 0 Å². The van der Waals surface area contributed by atoms with Crippen LogP contribution in [0.3, 0.4) is 0 Å². The van der Waals surface area contributed by atoms with Gasteiger partial charge in [0.2, 0.25) is 0 Å². The quantitative estimate of drug-likeness (QED) is 0.571. The SMILES string of the molecule is C(#Cc1ccc(C#Cc2cccc([C]3[CH][CH][CH][CH]3)c2)c2nsnc12)[C]1[CH][CH][CH][CH]1. The minimum Gasteiger partial charge on any atom is -0.172 e. The van der Waals surface area contributed by atoms with Crippen LogP contribution in [0.2, 0.25) is 0 Å². The van der Waals surface area contributed by atoms with Gasteiger partial charge in [0.25, 0.3) is 0 Å². The Labute approximate surface area is 177 Å². The third-order valence-electron chi connectivity index (χ3n) is 4.62. The number of aromatic nitrogens is 2. The topological polar surface area (TPSA) is 25.8 Å².